The Morgan fingerprint density at radius 2 is 1.81 bits per heavy atom. The summed E-state index contributed by atoms with van der Waals surface area (Å²) in [6.45, 7) is 4.13. The van der Waals surface area contributed by atoms with Crippen molar-refractivity contribution in [3.63, 3.8) is 0 Å². The Morgan fingerprint density at radius 3 is 2.52 bits per heavy atom. The summed E-state index contributed by atoms with van der Waals surface area (Å²) in [6.07, 6.45) is 2.10. The van der Waals surface area contributed by atoms with Gasteiger partial charge in [0.1, 0.15) is 11.9 Å². The summed E-state index contributed by atoms with van der Waals surface area (Å²) in [5.41, 5.74) is 0.538. The van der Waals surface area contributed by atoms with Gasteiger partial charge in [0.25, 0.3) is 5.91 Å². The van der Waals surface area contributed by atoms with E-state index in [2.05, 4.69) is 26.1 Å². The SMILES string of the molecule is CC(C)CC(NC(=O)CCNC(=O)c1ccc2ccccc2c1)C(=O)Nc1ccn[nH]1. The number of aromatic nitrogens is 2. The van der Waals surface area contributed by atoms with Gasteiger partial charge in [-0.15, -0.1) is 0 Å². The number of carbonyl (C=O) groups excluding carboxylic acids is 3. The molecule has 0 saturated heterocycles. The third-order valence-electron chi connectivity index (χ3n) is 4.77. The smallest absolute Gasteiger partial charge is 0.251 e. The Bertz CT molecular complexity index is 1050. The number of amides is 3. The van der Waals surface area contributed by atoms with Crippen molar-refractivity contribution in [2.75, 3.05) is 11.9 Å². The lowest BCUT2D eigenvalue weighted by Gasteiger charge is -2.20. The highest BCUT2D eigenvalue weighted by atomic mass is 16.2. The first-order chi connectivity index (χ1) is 14.9. The van der Waals surface area contributed by atoms with E-state index in [9.17, 15) is 14.4 Å². The van der Waals surface area contributed by atoms with Crippen molar-refractivity contribution in [3.8, 4) is 0 Å². The van der Waals surface area contributed by atoms with E-state index in [1.165, 1.54) is 6.20 Å². The van der Waals surface area contributed by atoms with Gasteiger partial charge in [-0.05, 0) is 35.2 Å². The molecule has 1 atom stereocenters. The van der Waals surface area contributed by atoms with E-state index in [-0.39, 0.29) is 36.6 Å². The molecule has 0 saturated carbocycles. The lowest BCUT2D eigenvalue weighted by Crippen LogP contribution is -2.45. The number of nitrogens with one attached hydrogen (secondary N) is 4. The van der Waals surface area contributed by atoms with Crippen LogP contribution in [0.3, 0.4) is 0 Å². The minimum absolute atomic E-state index is 0.0747. The van der Waals surface area contributed by atoms with Crippen molar-refractivity contribution in [2.45, 2.75) is 32.7 Å². The summed E-state index contributed by atoms with van der Waals surface area (Å²) in [6, 6.07) is 14.2. The van der Waals surface area contributed by atoms with Crippen LogP contribution >= 0.6 is 0 Å². The molecule has 3 rings (SSSR count). The van der Waals surface area contributed by atoms with Crippen LogP contribution in [0.2, 0.25) is 0 Å². The second-order valence-electron chi connectivity index (χ2n) is 7.78. The minimum atomic E-state index is -0.674. The second kappa shape index (κ2) is 10.4. The first-order valence-corrected chi connectivity index (χ1v) is 10.3. The van der Waals surface area contributed by atoms with Crippen LogP contribution in [0, 0.1) is 5.92 Å². The monoisotopic (exact) mass is 421 g/mol. The van der Waals surface area contributed by atoms with Gasteiger partial charge in [0.05, 0.1) is 6.20 Å². The number of fused-ring (bicyclic) bond motifs is 1. The summed E-state index contributed by atoms with van der Waals surface area (Å²) in [5.74, 6) is -0.175. The number of benzene rings is 2. The maximum absolute atomic E-state index is 12.5. The summed E-state index contributed by atoms with van der Waals surface area (Å²) < 4.78 is 0. The number of H-pyrrole nitrogens is 1. The predicted octanol–water partition coefficient (Wildman–Crippen LogP) is 2.85. The number of anilines is 1. The maximum Gasteiger partial charge on any atom is 0.251 e. The molecule has 8 nitrogen and oxygen atoms in total. The van der Waals surface area contributed by atoms with Crippen molar-refractivity contribution in [2.24, 2.45) is 5.92 Å². The molecule has 8 heteroatoms. The third kappa shape index (κ3) is 6.40. The fraction of sp³-hybridized carbons (Fsp3) is 0.304. The lowest BCUT2D eigenvalue weighted by molar-refractivity contribution is -0.126. The molecule has 0 aliphatic carbocycles. The Labute approximate surface area is 180 Å². The van der Waals surface area contributed by atoms with Crippen LogP contribution in [-0.2, 0) is 9.59 Å². The highest BCUT2D eigenvalue weighted by molar-refractivity contribution is 5.99. The molecular formula is C23H27N5O3. The third-order valence-corrected chi connectivity index (χ3v) is 4.77. The van der Waals surface area contributed by atoms with Gasteiger partial charge in [0.15, 0.2) is 0 Å². The molecule has 0 aliphatic rings. The van der Waals surface area contributed by atoms with Crippen molar-refractivity contribution in [1.82, 2.24) is 20.8 Å². The molecule has 2 aromatic carbocycles. The summed E-state index contributed by atoms with van der Waals surface area (Å²) >= 11 is 0. The number of hydrogen-bond donors (Lipinski definition) is 4. The van der Waals surface area contributed by atoms with Crippen LogP contribution in [-0.4, -0.2) is 40.5 Å². The molecule has 1 heterocycles. The zero-order valence-corrected chi connectivity index (χ0v) is 17.6. The van der Waals surface area contributed by atoms with E-state index >= 15 is 0 Å². The van der Waals surface area contributed by atoms with E-state index in [4.69, 9.17) is 0 Å². The second-order valence-corrected chi connectivity index (χ2v) is 7.78. The fourth-order valence-corrected chi connectivity index (χ4v) is 3.24. The van der Waals surface area contributed by atoms with Crippen LogP contribution in [0.4, 0.5) is 5.82 Å². The van der Waals surface area contributed by atoms with Crippen molar-refractivity contribution >= 4 is 34.3 Å². The van der Waals surface area contributed by atoms with Gasteiger partial charge < -0.3 is 16.0 Å². The molecule has 0 fully saturated rings. The van der Waals surface area contributed by atoms with Gasteiger partial charge in [-0.25, -0.2) is 0 Å². The molecule has 0 radical (unpaired) electrons. The quantitative estimate of drug-likeness (QED) is 0.425. The molecule has 31 heavy (non-hydrogen) atoms. The van der Waals surface area contributed by atoms with Crippen LogP contribution in [0.15, 0.2) is 54.7 Å². The average molecular weight is 422 g/mol. The first kappa shape index (κ1) is 22.0. The molecule has 1 unspecified atom stereocenters. The number of nitrogens with zero attached hydrogens (tertiary/aromatic N) is 1. The van der Waals surface area contributed by atoms with Gasteiger partial charge in [-0.2, -0.15) is 5.10 Å². The van der Waals surface area contributed by atoms with E-state index < -0.39 is 6.04 Å². The van der Waals surface area contributed by atoms with Crippen LogP contribution in [0.5, 0.6) is 0 Å². The average Bonchev–Trinajstić information content (AvgIpc) is 3.25. The lowest BCUT2D eigenvalue weighted by atomic mass is 10.0. The summed E-state index contributed by atoms with van der Waals surface area (Å²) in [4.78, 5) is 37.3. The van der Waals surface area contributed by atoms with Crippen LogP contribution in [0.25, 0.3) is 10.8 Å². The zero-order chi connectivity index (χ0) is 22.2. The molecule has 162 valence electrons. The molecule has 3 aromatic rings. The molecule has 1 aromatic heterocycles. The Kier molecular flexibility index (Phi) is 7.37. The Balaban J connectivity index is 1.50. The first-order valence-electron chi connectivity index (χ1n) is 10.3. The van der Waals surface area contributed by atoms with Gasteiger partial charge in [-0.3, -0.25) is 19.5 Å². The van der Waals surface area contributed by atoms with E-state index in [1.54, 1.807) is 12.1 Å². The van der Waals surface area contributed by atoms with Gasteiger partial charge >= 0.3 is 0 Å². The highest BCUT2D eigenvalue weighted by Gasteiger charge is 2.22. The van der Waals surface area contributed by atoms with Crippen molar-refractivity contribution in [1.29, 1.82) is 0 Å². The number of carbonyl (C=O) groups is 3. The number of hydrogen-bond acceptors (Lipinski definition) is 4. The van der Waals surface area contributed by atoms with Crippen LogP contribution < -0.4 is 16.0 Å². The number of aromatic amines is 1. The number of rotatable bonds is 9. The zero-order valence-electron chi connectivity index (χ0n) is 17.6. The summed E-state index contributed by atoms with van der Waals surface area (Å²) in [5, 5.41) is 16.7. The molecule has 3 amide bonds. The van der Waals surface area contributed by atoms with Crippen LogP contribution in [0.1, 0.15) is 37.0 Å². The Hall–Kier alpha value is -3.68. The van der Waals surface area contributed by atoms with Gasteiger partial charge in [0, 0.05) is 24.6 Å². The standard InChI is InChI=1S/C23H27N5O3/c1-15(2)13-19(23(31)27-20-9-12-25-28-20)26-21(29)10-11-24-22(30)18-8-7-16-5-3-4-6-17(16)14-18/h3-9,12,14-15,19H,10-11,13H2,1-2H3,(H,24,30)(H,26,29)(H2,25,27,28,31). The molecule has 0 bridgehead atoms. The molecule has 0 spiro atoms. The normalized spacial score (nSPS) is 11.8. The fourth-order valence-electron chi connectivity index (χ4n) is 3.24. The largest absolute Gasteiger partial charge is 0.352 e. The summed E-state index contributed by atoms with van der Waals surface area (Å²) in [7, 11) is 0. The van der Waals surface area contributed by atoms with Crippen molar-refractivity contribution < 1.29 is 14.4 Å². The van der Waals surface area contributed by atoms with E-state index in [0.717, 1.165) is 10.8 Å². The van der Waals surface area contributed by atoms with E-state index in [0.29, 0.717) is 17.8 Å². The predicted molar refractivity (Wildman–Crippen MR) is 120 cm³/mol. The van der Waals surface area contributed by atoms with Crippen molar-refractivity contribution in [3.05, 3.63) is 60.3 Å². The topological polar surface area (TPSA) is 116 Å². The van der Waals surface area contributed by atoms with E-state index in [1.807, 2.05) is 50.2 Å². The maximum atomic E-state index is 12.5. The Morgan fingerprint density at radius 1 is 1.03 bits per heavy atom. The van der Waals surface area contributed by atoms with Gasteiger partial charge in [0.2, 0.25) is 11.8 Å². The molecule has 4 N–H and O–H groups in total. The van der Waals surface area contributed by atoms with Gasteiger partial charge in [-0.1, -0.05) is 44.2 Å². The molecule has 0 aliphatic heterocycles. The molecular weight excluding hydrogens is 394 g/mol. The minimum Gasteiger partial charge on any atom is -0.352 e. The highest BCUT2D eigenvalue weighted by Crippen LogP contribution is 2.15.